The SMILES string of the molecule is OC(CCOc1ccccc1)Cc1nc2ccccc2s1. The first-order valence-corrected chi connectivity index (χ1v) is 7.83. The lowest BCUT2D eigenvalue weighted by Crippen LogP contribution is -2.14. The third-order valence-corrected chi connectivity index (χ3v) is 4.27. The van der Waals surface area contributed by atoms with Crippen LogP contribution >= 0.6 is 11.3 Å². The zero-order valence-corrected chi connectivity index (χ0v) is 12.4. The zero-order valence-electron chi connectivity index (χ0n) is 11.6. The highest BCUT2D eigenvalue weighted by atomic mass is 32.1. The minimum atomic E-state index is -0.422. The Morgan fingerprint density at radius 3 is 2.62 bits per heavy atom. The summed E-state index contributed by atoms with van der Waals surface area (Å²) in [6, 6.07) is 17.7. The quantitative estimate of drug-likeness (QED) is 0.755. The molecule has 0 aliphatic heterocycles. The van der Waals surface area contributed by atoms with E-state index >= 15 is 0 Å². The molecule has 0 aliphatic carbocycles. The van der Waals surface area contributed by atoms with Crippen molar-refractivity contribution in [1.82, 2.24) is 4.98 Å². The summed E-state index contributed by atoms with van der Waals surface area (Å²) in [5.41, 5.74) is 1.00. The molecule has 0 spiro atoms. The fraction of sp³-hybridized carbons (Fsp3) is 0.235. The molecule has 1 atom stereocenters. The number of aliphatic hydroxyl groups excluding tert-OH is 1. The molecule has 0 radical (unpaired) electrons. The molecule has 1 unspecified atom stereocenters. The first-order chi connectivity index (χ1) is 10.3. The number of benzene rings is 2. The number of nitrogens with zero attached hydrogens (tertiary/aromatic N) is 1. The maximum atomic E-state index is 10.1. The molecular formula is C17H17NO2S. The van der Waals surface area contributed by atoms with E-state index in [0.29, 0.717) is 19.4 Å². The summed E-state index contributed by atoms with van der Waals surface area (Å²) in [4.78, 5) is 4.54. The van der Waals surface area contributed by atoms with Crippen molar-refractivity contribution in [3.8, 4) is 5.75 Å². The van der Waals surface area contributed by atoms with Gasteiger partial charge in [0.15, 0.2) is 0 Å². The van der Waals surface area contributed by atoms with Crippen molar-refractivity contribution in [2.45, 2.75) is 18.9 Å². The Hall–Kier alpha value is -1.91. The van der Waals surface area contributed by atoms with Crippen LogP contribution in [0.3, 0.4) is 0 Å². The Morgan fingerprint density at radius 2 is 1.81 bits per heavy atom. The van der Waals surface area contributed by atoms with Crippen LogP contribution in [0.25, 0.3) is 10.2 Å². The molecule has 21 heavy (non-hydrogen) atoms. The van der Waals surface area contributed by atoms with Crippen LogP contribution in [-0.2, 0) is 6.42 Å². The lowest BCUT2D eigenvalue weighted by atomic mass is 10.2. The van der Waals surface area contributed by atoms with Gasteiger partial charge >= 0.3 is 0 Å². The Morgan fingerprint density at radius 1 is 1.05 bits per heavy atom. The monoisotopic (exact) mass is 299 g/mol. The molecule has 3 aromatic rings. The highest BCUT2D eigenvalue weighted by molar-refractivity contribution is 7.18. The lowest BCUT2D eigenvalue weighted by Gasteiger charge is -2.10. The summed E-state index contributed by atoms with van der Waals surface area (Å²) in [5.74, 6) is 0.838. The summed E-state index contributed by atoms with van der Waals surface area (Å²) in [5, 5.41) is 11.1. The minimum absolute atomic E-state index is 0.422. The second kappa shape index (κ2) is 6.70. The predicted octanol–water partition coefficient (Wildman–Crippen LogP) is 3.67. The molecule has 1 N–H and O–H groups in total. The van der Waals surface area contributed by atoms with Gasteiger partial charge in [-0.2, -0.15) is 0 Å². The van der Waals surface area contributed by atoms with Gasteiger partial charge in [-0.3, -0.25) is 0 Å². The maximum absolute atomic E-state index is 10.1. The van der Waals surface area contributed by atoms with Crippen LogP contribution < -0.4 is 4.74 Å². The van der Waals surface area contributed by atoms with Gasteiger partial charge in [-0.05, 0) is 24.3 Å². The molecular weight excluding hydrogens is 282 g/mol. The molecule has 0 saturated carbocycles. The van der Waals surface area contributed by atoms with Crippen LogP contribution in [0.1, 0.15) is 11.4 Å². The maximum Gasteiger partial charge on any atom is 0.119 e. The van der Waals surface area contributed by atoms with Gasteiger partial charge in [0.05, 0.1) is 27.9 Å². The van der Waals surface area contributed by atoms with Gasteiger partial charge in [0.2, 0.25) is 0 Å². The third kappa shape index (κ3) is 3.80. The van der Waals surface area contributed by atoms with Crippen LogP contribution in [0.15, 0.2) is 54.6 Å². The average molecular weight is 299 g/mol. The first kappa shape index (κ1) is 14.0. The van der Waals surface area contributed by atoms with Crippen molar-refractivity contribution in [1.29, 1.82) is 0 Å². The standard InChI is InChI=1S/C17H17NO2S/c19-13(10-11-20-14-6-2-1-3-7-14)12-17-18-15-8-4-5-9-16(15)21-17/h1-9,13,19H,10-12H2. The van der Waals surface area contributed by atoms with Crippen molar-refractivity contribution in [2.24, 2.45) is 0 Å². The fourth-order valence-electron chi connectivity index (χ4n) is 2.14. The van der Waals surface area contributed by atoms with Crippen molar-refractivity contribution in [3.63, 3.8) is 0 Å². The molecule has 0 amide bonds. The molecule has 3 rings (SSSR count). The van der Waals surface area contributed by atoms with E-state index in [0.717, 1.165) is 16.3 Å². The van der Waals surface area contributed by atoms with E-state index in [1.165, 1.54) is 4.70 Å². The summed E-state index contributed by atoms with van der Waals surface area (Å²) < 4.78 is 6.76. The number of ether oxygens (including phenoxy) is 1. The van der Waals surface area contributed by atoms with E-state index < -0.39 is 6.10 Å². The Kier molecular flexibility index (Phi) is 4.48. The van der Waals surface area contributed by atoms with Crippen LogP contribution in [0.5, 0.6) is 5.75 Å². The summed E-state index contributed by atoms with van der Waals surface area (Å²) in [6.07, 6.45) is 0.761. The third-order valence-electron chi connectivity index (χ3n) is 3.21. The molecule has 1 aromatic heterocycles. The Labute approximate surface area is 127 Å². The average Bonchev–Trinajstić information content (AvgIpc) is 2.90. The number of hydrogen-bond acceptors (Lipinski definition) is 4. The molecule has 108 valence electrons. The van der Waals surface area contributed by atoms with Crippen molar-refractivity contribution in [3.05, 3.63) is 59.6 Å². The predicted molar refractivity (Wildman–Crippen MR) is 85.9 cm³/mol. The lowest BCUT2D eigenvalue weighted by molar-refractivity contribution is 0.139. The van der Waals surface area contributed by atoms with Crippen molar-refractivity contribution < 1.29 is 9.84 Å². The van der Waals surface area contributed by atoms with Crippen LogP contribution in [0, 0.1) is 0 Å². The highest BCUT2D eigenvalue weighted by Gasteiger charge is 2.10. The van der Waals surface area contributed by atoms with Gasteiger partial charge in [-0.1, -0.05) is 30.3 Å². The van der Waals surface area contributed by atoms with Gasteiger partial charge in [0.25, 0.3) is 0 Å². The Balaban J connectivity index is 1.50. The van der Waals surface area contributed by atoms with Gasteiger partial charge < -0.3 is 9.84 Å². The summed E-state index contributed by atoms with van der Waals surface area (Å²) in [7, 11) is 0. The molecule has 1 heterocycles. The second-order valence-corrected chi connectivity index (χ2v) is 6.00. The van der Waals surface area contributed by atoms with Crippen LogP contribution in [-0.4, -0.2) is 22.8 Å². The molecule has 0 fully saturated rings. The van der Waals surface area contributed by atoms with Gasteiger partial charge in [0, 0.05) is 12.8 Å². The molecule has 3 nitrogen and oxygen atoms in total. The van der Waals surface area contributed by atoms with E-state index in [9.17, 15) is 5.11 Å². The van der Waals surface area contributed by atoms with Crippen molar-refractivity contribution in [2.75, 3.05) is 6.61 Å². The van der Waals surface area contributed by atoms with E-state index in [1.807, 2.05) is 48.5 Å². The molecule has 0 bridgehead atoms. The number of hydrogen-bond donors (Lipinski definition) is 1. The number of rotatable bonds is 6. The van der Waals surface area contributed by atoms with E-state index in [1.54, 1.807) is 11.3 Å². The van der Waals surface area contributed by atoms with Gasteiger partial charge in [-0.25, -0.2) is 4.98 Å². The largest absolute Gasteiger partial charge is 0.493 e. The second-order valence-electron chi connectivity index (χ2n) is 4.88. The first-order valence-electron chi connectivity index (χ1n) is 7.01. The van der Waals surface area contributed by atoms with Crippen LogP contribution in [0.4, 0.5) is 0 Å². The number of aliphatic hydroxyl groups is 1. The molecule has 2 aromatic carbocycles. The van der Waals surface area contributed by atoms with E-state index in [4.69, 9.17) is 4.74 Å². The van der Waals surface area contributed by atoms with Crippen LogP contribution in [0.2, 0.25) is 0 Å². The summed E-state index contributed by atoms with van der Waals surface area (Å²) >= 11 is 1.64. The van der Waals surface area contributed by atoms with Crippen molar-refractivity contribution >= 4 is 21.6 Å². The Bertz CT molecular complexity index is 663. The summed E-state index contributed by atoms with van der Waals surface area (Å²) in [6.45, 7) is 0.510. The molecule has 0 aliphatic rings. The number of aromatic nitrogens is 1. The van der Waals surface area contributed by atoms with E-state index in [2.05, 4.69) is 11.1 Å². The smallest absolute Gasteiger partial charge is 0.119 e. The van der Waals surface area contributed by atoms with E-state index in [-0.39, 0.29) is 0 Å². The topological polar surface area (TPSA) is 42.4 Å². The number of fused-ring (bicyclic) bond motifs is 1. The minimum Gasteiger partial charge on any atom is -0.493 e. The number of thiazole rings is 1. The number of para-hydroxylation sites is 2. The molecule has 0 saturated heterocycles. The highest BCUT2D eigenvalue weighted by Crippen LogP contribution is 2.22. The zero-order chi connectivity index (χ0) is 14.5. The fourth-order valence-corrected chi connectivity index (χ4v) is 3.18. The molecule has 4 heteroatoms. The van der Waals surface area contributed by atoms with Gasteiger partial charge in [0.1, 0.15) is 5.75 Å². The van der Waals surface area contributed by atoms with Gasteiger partial charge in [-0.15, -0.1) is 11.3 Å². The normalized spacial score (nSPS) is 12.4.